The SMILES string of the molecule is O=C(CN1CCOc2ccccc2C1)Nc1ccc([N+](=O)[O-])cc1Br. The van der Waals surface area contributed by atoms with Crippen molar-refractivity contribution in [3.63, 3.8) is 0 Å². The first-order valence-electron chi connectivity index (χ1n) is 7.70. The van der Waals surface area contributed by atoms with Gasteiger partial charge in [-0.05, 0) is 28.1 Å². The van der Waals surface area contributed by atoms with Gasteiger partial charge in [0.05, 0.1) is 17.2 Å². The van der Waals surface area contributed by atoms with E-state index in [9.17, 15) is 14.9 Å². The Morgan fingerprint density at radius 3 is 2.88 bits per heavy atom. The first-order valence-corrected chi connectivity index (χ1v) is 8.49. The summed E-state index contributed by atoms with van der Waals surface area (Å²) in [5.74, 6) is 0.664. The van der Waals surface area contributed by atoms with Crippen LogP contribution in [-0.4, -0.2) is 35.4 Å². The molecule has 1 aliphatic heterocycles. The van der Waals surface area contributed by atoms with Crippen LogP contribution in [0, 0.1) is 10.1 Å². The maximum atomic E-state index is 12.3. The number of rotatable bonds is 4. The van der Waals surface area contributed by atoms with Crippen molar-refractivity contribution in [2.45, 2.75) is 6.54 Å². The van der Waals surface area contributed by atoms with Gasteiger partial charge in [-0.1, -0.05) is 18.2 Å². The number of hydrogen-bond acceptors (Lipinski definition) is 5. The van der Waals surface area contributed by atoms with E-state index in [1.54, 1.807) is 0 Å². The molecule has 0 saturated heterocycles. The second kappa shape index (κ2) is 7.62. The summed E-state index contributed by atoms with van der Waals surface area (Å²) in [4.78, 5) is 24.6. The number of nitro benzene ring substituents is 1. The number of carbonyl (C=O) groups is 1. The minimum atomic E-state index is -0.481. The van der Waals surface area contributed by atoms with Crippen LogP contribution in [0.5, 0.6) is 5.75 Å². The summed E-state index contributed by atoms with van der Waals surface area (Å²) >= 11 is 3.25. The lowest BCUT2D eigenvalue weighted by molar-refractivity contribution is -0.384. The number of amides is 1. The Morgan fingerprint density at radius 1 is 1.32 bits per heavy atom. The molecule has 0 unspecified atom stereocenters. The highest BCUT2D eigenvalue weighted by Crippen LogP contribution is 2.27. The van der Waals surface area contributed by atoms with Crippen LogP contribution in [0.15, 0.2) is 46.9 Å². The summed E-state index contributed by atoms with van der Waals surface area (Å²) in [6.45, 7) is 2.00. The fourth-order valence-electron chi connectivity index (χ4n) is 2.63. The summed E-state index contributed by atoms with van der Waals surface area (Å²) in [6.07, 6.45) is 0. The van der Waals surface area contributed by atoms with Gasteiger partial charge >= 0.3 is 0 Å². The van der Waals surface area contributed by atoms with E-state index >= 15 is 0 Å². The molecule has 8 heteroatoms. The molecule has 1 aliphatic rings. The molecule has 0 aromatic heterocycles. The van der Waals surface area contributed by atoms with Crippen molar-refractivity contribution in [1.29, 1.82) is 0 Å². The number of ether oxygens (including phenoxy) is 1. The summed E-state index contributed by atoms with van der Waals surface area (Å²) in [5.41, 5.74) is 1.51. The van der Waals surface area contributed by atoms with E-state index in [0.717, 1.165) is 11.3 Å². The maximum Gasteiger partial charge on any atom is 0.270 e. The number of carbonyl (C=O) groups excluding carboxylic acids is 1. The lowest BCUT2D eigenvalue weighted by Gasteiger charge is -2.19. The molecule has 25 heavy (non-hydrogen) atoms. The van der Waals surface area contributed by atoms with E-state index in [0.29, 0.717) is 29.9 Å². The van der Waals surface area contributed by atoms with Crippen LogP contribution in [0.3, 0.4) is 0 Å². The van der Waals surface area contributed by atoms with Crippen LogP contribution in [0.4, 0.5) is 11.4 Å². The van der Waals surface area contributed by atoms with Crippen LogP contribution in [-0.2, 0) is 11.3 Å². The summed E-state index contributed by atoms with van der Waals surface area (Å²) in [7, 11) is 0. The van der Waals surface area contributed by atoms with Crippen molar-refractivity contribution in [3.05, 3.63) is 62.6 Å². The molecule has 0 radical (unpaired) electrons. The molecule has 0 fully saturated rings. The van der Waals surface area contributed by atoms with Gasteiger partial charge in [0.2, 0.25) is 5.91 Å². The Bertz CT molecular complexity index is 812. The van der Waals surface area contributed by atoms with Gasteiger partial charge in [-0.2, -0.15) is 0 Å². The Morgan fingerprint density at radius 2 is 2.12 bits per heavy atom. The third-order valence-corrected chi connectivity index (χ3v) is 4.49. The molecular formula is C17H16BrN3O4. The Labute approximate surface area is 152 Å². The number of nitrogens with zero attached hydrogens (tertiary/aromatic N) is 2. The number of non-ortho nitro benzene ring substituents is 1. The van der Waals surface area contributed by atoms with E-state index in [2.05, 4.69) is 21.2 Å². The number of hydrogen-bond donors (Lipinski definition) is 1. The second-order valence-electron chi connectivity index (χ2n) is 5.64. The highest BCUT2D eigenvalue weighted by atomic mass is 79.9. The van der Waals surface area contributed by atoms with Gasteiger partial charge in [-0.15, -0.1) is 0 Å². The molecule has 1 heterocycles. The zero-order chi connectivity index (χ0) is 17.8. The average molecular weight is 406 g/mol. The molecule has 130 valence electrons. The third-order valence-electron chi connectivity index (χ3n) is 3.84. The van der Waals surface area contributed by atoms with E-state index in [4.69, 9.17) is 4.74 Å². The normalized spacial score (nSPS) is 14.1. The van der Waals surface area contributed by atoms with Crippen LogP contribution in [0.25, 0.3) is 0 Å². The van der Waals surface area contributed by atoms with Gasteiger partial charge in [-0.3, -0.25) is 19.8 Å². The first kappa shape index (κ1) is 17.4. The summed E-state index contributed by atoms with van der Waals surface area (Å²) < 4.78 is 6.16. The number of anilines is 1. The molecule has 0 bridgehead atoms. The molecule has 0 spiro atoms. The van der Waals surface area contributed by atoms with Gasteiger partial charge in [0.1, 0.15) is 12.4 Å². The van der Waals surface area contributed by atoms with Crippen LogP contribution < -0.4 is 10.1 Å². The number of fused-ring (bicyclic) bond motifs is 1. The molecule has 0 saturated carbocycles. The van der Waals surface area contributed by atoms with E-state index in [-0.39, 0.29) is 18.1 Å². The van der Waals surface area contributed by atoms with Gasteiger partial charge in [0, 0.05) is 35.3 Å². The Kier molecular flexibility index (Phi) is 5.30. The maximum absolute atomic E-state index is 12.3. The minimum absolute atomic E-state index is 0.0360. The summed E-state index contributed by atoms with van der Waals surface area (Å²) in [6, 6.07) is 12.0. The van der Waals surface area contributed by atoms with Crippen LogP contribution >= 0.6 is 15.9 Å². The van der Waals surface area contributed by atoms with Gasteiger partial charge < -0.3 is 10.1 Å². The van der Waals surface area contributed by atoms with Gasteiger partial charge in [0.25, 0.3) is 5.69 Å². The smallest absolute Gasteiger partial charge is 0.270 e. The molecular weight excluding hydrogens is 390 g/mol. The minimum Gasteiger partial charge on any atom is -0.492 e. The molecule has 0 atom stereocenters. The highest BCUT2D eigenvalue weighted by molar-refractivity contribution is 9.10. The highest BCUT2D eigenvalue weighted by Gasteiger charge is 2.18. The lowest BCUT2D eigenvalue weighted by Crippen LogP contribution is -2.34. The standard InChI is InChI=1S/C17H16BrN3O4/c18-14-9-13(21(23)24)5-6-15(14)19-17(22)11-20-7-8-25-16-4-2-1-3-12(16)10-20/h1-6,9H,7-8,10-11H2,(H,19,22). The predicted molar refractivity (Wildman–Crippen MR) is 96.6 cm³/mol. The molecule has 1 amide bonds. The molecule has 2 aromatic rings. The summed E-state index contributed by atoms with van der Waals surface area (Å²) in [5, 5.41) is 13.5. The molecule has 1 N–H and O–H groups in total. The molecule has 0 aliphatic carbocycles. The zero-order valence-electron chi connectivity index (χ0n) is 13.3. The van der Waals surface area contributed by atoms with E-state index in [1.165, 1.54) is 18.2 Å². The molecule has 3 rings (SSSR count). The van der Waals surface area contributed by atoms with Crippen molar-refractivity contribution >= 4 is 33.2 Å². The van der Waals surface area contributed by atoms with E-state index < -0.39 is 4.92 Å². The number of nitro groups is 1. The van der Waals surface area contributed by atoms with Crippen molar-refractivity contribution in [1.82, 2.24) is 4.90 Å². The number of nitrogens with one attached hydrogen (secondary N) is 1. The number of benzene rings is 2. The van der Waals surface area contributed by atoms with Crippen LogP contribution in [0.2, 0.25) is 0 Å². The molecule has 7 nitrogen and oxygen atoms in total. The monoisotopic (exact) mass is 405 g/mol. The van der Waals surface area contributed by atoms with Crippen molar-refractivity contribution in [2.75, 3.05) is 25.0 Å². The molecule has 2 aromatic carbocycles. The Hall–Kier alpha value is -2.45. The van der Waals surface area contributed by atoms with Crippen molar-refractivity contribution in [3.8, 4) is 5.75 Å². The van der Waals surface area contributed by atoms with Gasteiger partial charge in [0.15, 0.2) is 0 Å². The first-order chi connectivity index (χ1) is 12.0. The van der Waals surface area contributed by atoms with Crippen molar-refractivity contribution in [2.24, 2.45) is 0 Å². The average Bonchev–Trinajstić information content (AvgIpc) is 2.78. The largest absolute Gasteiger partial charge is 0.492 e. The third kappa shape index (κ3) is 4.34. The fraction of sp³-hybridized carbons (Fsp3) is 0.235. The lowest BCUT2D eigenvalue weighted by atomic mass is 10.2. The van der Waals surface area contributed by atoms with Crippen molar-refractivity contribution < 1.29 is 14.5 Å². The Balaban J connectivity index is 1.64. The van der Waals surface area contributed by atoms with Crippen LogP contribution in [0.1, 0.15) is 5.56 Å². The quantitative estimate of drug-likeness (QED) is 0.623. The number of para-hydroxylation sites is 1. The van der Waals surface area contributed by atoms with Gasteiger partial charge in [-0.25, -0.2) is 0 Å². The second-order valence-corrected chi connectivity index (χ2v) is 6.49. The van der Waals surface area contributed by atoms with E-state index in [1.807, 2.05) is 29.2 Å². The number of halogens is 1. The zero-order valence-corrected chi connectivity index (χ0v) is 14.9. The predicted octanol–water partition coefficient (Wildman–Crippen LogP) is 3.19. The topological polar surface area (TPSA) is 84.7 Å². The fourth-order valence-corrected chi connectivity index (χ4v) is 3.09.